The van der Waals surface area contributed by atoms with Gasteiger partial charge in [-0.25, -0.2) is 0 Å². The highest BCUT2D eigenvalue weighted by atomic mass is 35.5. The van der Waals surface area contributed by atoms with Crippen LogP contribution < -0.4 is 0 Å². The van der Waals surface area contributed by atoms with Crippen molar-refractivity contribution in [2.45, 2.75) is 51.9 Å². The monoisotopic (exact) mass is 352 g/mol. The summed E-state index contributed by atoms with van der Waals surface area (Å²) in [5, 5.41) is 0.792. The van der Waals surface area contributed by atoms with Gasteiger partial charge in [0.05, 0.1) is 0 Å². The Balaban J connectivity index is 1.48. The molecule has 0 aromatic heterocycles. The van der Waals surface area contributed by atoms with Gasteiger partial charge >= 0.3 is 0 Å². The van der Waals surface area contributed by atoms with Crippen LogP contribution in [0.5, 0.6) is 0 Å². The third-order valence-corrected chi connectivity index (χ3v) is 5.76. The molecule has 0 nitrogen and oxygen atoms in total. The zero-order valence-corrected chi connectivity index (χ0v) is 16.0. The molecule has 0 radical (unpaired) electrons. The minimum absolute atomic E-state index is 0.792. The summed E-state index contributed by atoms with van der Waals surface area (Å²) < 4.78 is 0. The molecule has 0 aliphatic heterocycles. The van der Waals surface area contributed by atoms with Gasteiger partial charge in [-0.2, -0.15) is 0 Å². The molecule has 0 amide bonds. The number of halogens is 1. The summed E-state index contributed by atoms with van der Waals surface area (Å²) in [6.07, 6.45) is 14.1. The first kappa shape index (κ1) is 18.3. The molecule has 0 heterocycles. The zero-order valence-electron chi connectivity index (χ0n) is 15.3. The summed E-state index contributed by atoms with van der Waals surface area (Å²) in [6.45, 7) is 2.22. The van der Waals surface area contributed by atoms with Crippen LogP contribution >= 0.6 is 11.6 Å². The zero-order chi connectivity index (χ0) is 17.5. The third kappa shape index (κ3) is 5.47. The smallest absolute Gasteiger partial charge is 0.0406 e. The van der Waals surface area contributed by atoms with Crippen LogP contribution in [0.4, 0.5) is 0 Å². The van der Waals surface area contributed by atoms with Crippen molar-refractivity contribution < 1.29 is 0 Å². The molecule has 2 aromatic carbocycles. The largest absolute Gasteiger partial charge is 0.0885 e. The van der Waals surface area contributed by atoms with E-state index in [1.54, 1.807) is 0 Å². The Labute approximate surface area is 157 Å². The van der Waals surface area contributed by atoms with Gasteiger partial charge in [0.15, 0.2) is 0 Å². The van der Waals surface area contributed by atoms with Crippen molar-refractivity contribution in [3.8, 4) is 11.1 Å². The van der Waals surface area contributed by atoms with E-state index in [1.807, 2.05) is 12.1 Å². The summed E-state index contributed by atoms with van der Waals surface area (Å²) in [7, 11) is 0. The number of hydrogen-bond acceptors (Lipinski definition) is 0. The maximum atomic E-state index is 5.97. The summed E-state index contributed by atoms with van der Waals surface area (Å²) >= 11 is 5.97. The predicted octanol–water partition coefficient (Wildman–Crippen LogP) is 7.71. The second-order valence-electron chi connectivity index (χ2n) is 7.36. The molecule has 0 saturated heterocycles. The molecule has 1 fully saturated rings. The SMILES string of the molecule is CCC=CC1CCC(CCc2ccc(-c3ccc(Cl)cc3)cc2)CC1. The topological polar surface area (TPSA) is 0 Å². The van der Waals surface area contributed by atoms with E-state index in [-0.39, 0.29) is 0 Å². The maximum Gasteiger partial charge on any atom is 0.0406 e. The highest BCUT2D eigenvalue weighted by Crippen LogP contribution is 2.32. The van der Waals surface area contributed by atoms with Crippen molar-refractivity contribution in [2.75, 3.05) is 0 Å². The number of rotatable bonds is 6. The molecule has 3 rings (SSSR count). The van der Waals surface area contributed by atoms with E-state index in [0.717, 1.165) is 16.9 Å². The van der Waals surface area contributed by atoms with Crippen LogP contribution in [0.15, 0.2) is 60.7 Å². The third-order valence-electron chi connectivity index (χ3n) is 5.51. The van der Waals surface area contributed by atoms with Crippen molar-refractivity contribution in [2.24, 2.45) is 11.8 Å². The maximum absolute atomic E-state index is 5.97. The number of allylic oxidation sites excluding steroid dienone is 2. The van der Waals surface area contributed by atoms with E-state index in [2.05, 4.69) is 55.5 Å². The van der Waals surface area contributed by atoms with Crippen molar-refractivity contribution in [1.82, 2.24) is 0 Å². The normalized spacial score (nSPS) is 20.9. The molecule has 0 N–H and O–H groups in total. The van der Waals surface area contributed by atoms with Crippen LogP contribution in [0, 0.1) is 11.8 Å². The van der Waals surface area contributed by atoms with Crippen molar-refractivity contribution in [3.05, 3.63) is 71.3 Å². The minimum Gasteiger partial charge on any atom is -0.0885 e. The summed E-state index contributed by atoms with van der Waals surface area (Å²) in [6, 6.07) is 17.1. The van der Waals surface area contributed by atoms with E-state index < -0.39 is 0 Å². The molecule has 132 valence electrons. The van der Waals surface area contributed by atoms with Crippen LogP contribution in [0.2, 0.25) is 5.02 Å². The van der Waals surface area contributed by atoms with E-state index in [4.69, 9.17) is 11.6 Å². The van der Waals surface area contributed by atoms with Gasteiger partial charge in [0, 0.05) is 5.02 Å². The van der Waals surface area contributed by atoms with Gasteiger partial charge in [-0.15, -0.1) is 0 Å². The average molecular weight is 353 g/mol. The Morgan fingerprint density at radius 3 is 2.08 bits per heavy atom. The van der Waals surface area contributed by atoms with Crippen LogP contribution in [0.3, 0.4) is 0 Å². The van der Waals surface area contributed by atoms with Crippen LogP contribution in [0.25, 0.3) is 11.1 Å². The molecule has 25 heavy (non-hydrogen) atoms. The van der Waals surface area contributed by atoms with Gasteiger partial charge < -0.3 is 0 Å². The first-order chi connectivity index (χ1) is 12.2. The first-order valence-corrected chi connectivity index (χ1v) is 10.1. The Morgan fingerprint density at radius 2 is 1.48 bits per heavy atom. The standard InChI is InChI=1S/C24H29Cl/c1-2-3-4-19-5-7-20(8-6-19)9-10-21-11-13-22(14-12-21)23-15-17-24(25)18-16-23/h3-4,11-20H,2,5-10H2,1H3. The second kappa shape index (κ2) is 9.25. The highest BCUT2D eigenvalue weighted by Gasteiger charge is 2.19. The van der Waals surface area contributed by atoms with E-state index in [1.165, 1.54) is 61.6 Å². The van der Waals surface area contributed by atoms with Gasteiger partial charge in [0.2, 0.25) is 0 Å². The highest BCUT2D eigenvalue weighted by molar-refractivity contribution is 6.30. The van der Waals surface area contributed by atoms with Gasteiger partial charge in [-0.05, 0) is 85.6 Å². The molecular formula is C24H29Cl. The molecule has 0 spiro atoms. The van der Waals surface area contributed by atoms with Crippen molar-refractivity contribution >= 4 is 11.6 Å². The molecule has 0 atom stereocenters. The predicted molar refractivity (Wildman–Crippen MR) is 110 cm³/mol. The fourth-order valence-corrected chi connectivity index (χ4v) is 4.00. The van der Waals surface area contributed by atoms with Crippen LogP contribution in [-0.4, -0.2) is 0 Å². The Kier molecular flexibility index (Phi) is 6.76. The van der Waals surface area contributed by atoms with E-state index >= 15 is 0 Å². The molecule has 0 bridgehead atoms. The lowest BCUT2D eigenvalue weighted by Crippen LogP contribution is -2.13. The van der Waals surface area contributed by atoms with Crippen molar-refractivity contribution in [3.63, 3.8) is 0 Å². The first-order valence-electron chi connectivity index (χ1n) is 9.76. The molecule has 2 aromatic rings. The molecule has 1 heteroatoms. The lowest BCUT2D eigenvalue weighted by Gasteiger charge is -2.26. The van der Waals surface area contributed by atoms with Gasteiger partial charge in [0.1, 0.15) is 0 Å². The summed E-state index contributed by atoms with van der Waals surface area (Å²) in [5.74, 6) is 1.76. The summed E-state index contributed by atoms with van der Waals surface area (Å²) in [5.41, 5.74) is 3.96. The quantitative estimate of drug-likeness (QED) is 0.467. The Hall–Kier alpha value is -1.53. The molecule has 1 aliphatic carbocycles. The van der Waals surface area contributed by atoms with E-state index in [0.29, 0.717) is 0 Å². The fraction of sp³-hybridized carbons (Fsp3) is 0.417. The Morgan fingerprint density at radius 1 is 0.880 bits per heavy atom. The van der Waals surface area contributed by atoms with Crippen LogP contribution in [-0.2, 0) is 6.42 Å². The molecular weight excluding hydrogens is 324 g/mol. The number of aryl methyl sites for hydroxylation is 1. The molecule has 0 unspecified atom stereocenters. The number of hydrogen-bond donors (Lipinski definition) is 0. The molecule has 1 saturated carbocycles. The van der Waals surface area contributed by atoms with Gasteiger partial charge in [-0.3, -0.25) is 0 Å². The average Bonchev–Trinajstić information content (AvgIpc) is 2.67. The van der Waals surface area contributed by atoms with Gasteiger partial charge in [0.25, 0.3) is 0 Å². The molecule has 1 aliphatic rings. The fourth-order valence-electron chi connectivity index (χ4n) is 3.87. The lowest BCUT2D eigenvalue weighted by atomic mass is 9.79. The Bertz CT molecular complexity index is 658. The second-order valence-corrected chi connectivity index (χ2v) is 7.80. The van der Waals surface area contributed by atoms with E-state index in [9.17, 15) is 0 Å². The van der Waals surface area contributed by atoms with Gasteiger partial charge in [-0.1, -0.05) is 67.1 Å². The van der Waals surface area contributed by atoms with Crippen molar-refractivity contribution in [1.29, 1.82) is 0 Å². The lowest BCUT2D eigenvalue weighted by molar-refractivity contribution is 0.296. The van der Waals surface area contributed by atoms with Crippen LogP contribution in [0.1, 0.15) is 51.0 Å². The minimum atomic E-state index is 0.792. The number of benzene rings is 2. The summed E-state index contributed by atoms with van der Waals surface area (Å²) in [4.78, 5) is 0.